The Balaban J connectivity index is 1.77. The number of aromatic amines is 1. The van der Waals surface area contributed by atoms with Crippen LogP contribution in [0.1, 0.15) is 31.7 Å². The molecule has 0 aromatic carbocycles. The van der Waals surface area contributed by atoms with Crippen LogP contribution in [-0.4, -0.2) is 25.0 Å². The van der Waals surface area contributed by atoms with Gasteiger partial charge in [0.05, 0.1) is 18.4 Å². The van der Waals surface area contributed by atoms with E-state index < -0.39 is 0 Å². The van der Waals surface area contributed by atoms with Gasteiger partial charge in [-0.3, -0.25) is 4.68 Å². The minimum absolute atomic E-state index is 0.574. The summed E-state index contributed by atoms with van der Waals surface area (Å²) < 4.78 is 2.11. The van der Waals surface area contributed by atoms with E-state index in [9.17, 15) is 0 Å². The Kier molecular flexibility index (Phi) is 2.36. The smallest absolute Gasteiger partial charge is 0.160 e. The molecule has 19 heavy (non-hydrogen) atoms. The summed E-state index contributed by atoms with van der Waals surface area (Å²) in [5.41, 5.74) is 3.04. The van der Waals surface area contributed by atoms with Gasteiger partial charge in [-0.05, 0) is 18.9 Å². The molecule has 0 radical (unpaired) electrons. The van der Waals surface area contributed by atoms with Gasteiger partial charge in [0.1, 0.15) is 0 Å². The van der Waals surface area contributed by atoms with E-state index in [2.05, 4.69) is 31.2 Å². The van der Waals surface area contributed by atoms with Gasteiger partial charge in [-0.2, -0.15) is 10.2 Å². The maximum absolute atomic E-state index is 4.52. The Morgan fingerprint density at radius 1 is 1.21 bits per heavy atom. The van der Waals surface area contributed by atoms with Gasteiger partial charge in [0.2, 0.25) is 0 Å². The normalized spacial score (nSPS) is 16.4. The van der Waals surface area contributed by atoms with Crippen LogP contribution in [0, 0.1) is 0 Å². The molecule has 4 rings (SSSR count). The molecule has 3 aromatic heterocycles. The lowest BCUT2D eigenvalue weighted by Crippen LogP contribution is -2.04. The number of rotatable bonds is 2. The van der Waals surface area contributed by atoms with Crippen LogP contribution >= 0.6 is 0 Å². The zero-order valence-corrected chi connectivity index (χ0v) is 10.6. The molecule has 1 saturated carbocycles. The number of fused-ring (bicyclic) bond motifs is 1. The lowest BCUT2D eigenvalue weighted by Gasteiger charge is -2.08. The summed E-state index contributed by atoms with van der Waals surface area (Å²) in [5.74, 6) is 0. The van der Waals surface area contributed by atoms with Crippen molar-refractivity contribution in [2.45, 2.75) is 31.7 Å². The predicted octanol–water partition coefficient (Wildman–Crippen LogP) is 2.94. The molecule has 1 aliphatic carbocycles. The fraction of sp³-hybridized carbons (Fsp3) is 0.357. The molecule has 0 atom stereocenters. The van der Waals surface area contributed by atoms with Crippen molar-refractivity contribution >= 4 is 11.0 Å². The van der Waals surface area contributed by atoms with Crippen LogP contribution in [-0.2, 0) is 0 Å². The summed E-state index contributed by atoms with van der Waals surface area (Å²) in [4.78, 5) is 3.09. The van der Waals surface area contributed by atoms with Crippen molar-refractivity contribution in [1.29, 1.82) is 0 Å². The Morgan fingerprint density at radius 2 is 2.11 bits per heavy atom. The second kappa shape index (κ2) is 4.19. The summed E-state index contributed by atoms with van der Waals surface area (Å²) in [6, 6.07) is 2.61. The highest BCUT2D eigenvalue weighted by molar-refractivity contribution is 5.91. The molecule has 5 nitrogen and oxygen atoms in total. The second-order valence-corrected chi connectivity index (χ2v) is 5.15. The van der Waals surface area contributed by atoms with Crippen LogP contribution in [0.2, 0.25) is 0 Å². The average Bonchev–Trinajstić information content (AvgIpc) is 3.18. The summed E-state index contributed by atoms with van der Waals surface area (Å²) in [5, 5.41) is 13.8. The maximum Gasteiger partial charge on any atom is 0.160 e. The van der Waals surface area contributed by atoms with E-state index in [4.69, 9.17) is 0 Å². The van der Waals surface area contributed by atoms with Crippen molar-refractivity contribution in [3.63, 3.8) is 0 Å². The number of aromatic nitrogens is 5. The van der Waals surface area contributed by atoms with Crippen LogP contribution in [0.25, 0.3) is 22.2 Å². The number of hydrogen-bond acceptors (Lipinski definition) is 3. The Labute approximate surface area is 110 Å². The molecule has 3 heterocycles. The Hall–Kier alpha value is -2.17. The first-order valence-corrected chi connectivity index (χ1v) is 6.75. The third kappa shape index (κ3) is 1.73. The molecule has 0 bridgehead atoms. The largest absolute Gasteiger partial charge is 0.345 e. The predicted molar refractivity (Wildman–Crippen MR) is 72.6 cm³/mol. The molecule has 1 aliphatic rings. The summed E-state index contributed by atoms with van der Waals surface area (Å²) in [6.07, 6.45) is 12.9. The van der Waals surface area contributed by atoms with Crippen molar-refractivity contribution in [1.82, 2.24) is 25.0 Å². The zero-order valence-electron chi connectivity index (χ0n) is 10.6. The van der Waals surface area contributed by atoms with Gasteiger partial charge in [-0.1, -0.05) is 12.8 Å². The van der Waals surface area contributed by atoms with Crippen LogP contribution in [0.4, 0.5) is 0 Å². The van der Waals surface area contributed by atoms with Crippen molar-refractivity contribution in [3.05, 3.63) is 30.9 Å². The third-order valence-corrected chi connectivity index (χ3v) is 3.97. The highest BCUT2D eigenvalue weighted by Crippen LogP contribution is 2.31. The van der Waals surface area contributed by atoms with Crippen molar-refractivity contribution in [2.75, 3.05) is 0 Å². The van der Waals surface area contributed by atoms with E-state index in [1.54, 1.807) is 0 Å². The molecule has 0 spiro atoms. The number of hydrogen-bond donors (Lipinski definition) is 1. The van der Waals surface area contributed by atoms with E-state index in [1.807, 2.05) is 24.7 Å². The maximum atomic E-state index is 4.52. The topological polar surface area (TPSA) is 59.4 Å². The quantitative estimate of drug-likeness (QED) is 0.763. The molecule has 0 unspecified atom stereocenters. The standard InChI is InChI=1S/C14H15N5/c1-2-4-11(3-1)19-9-10(7-17-19)13-8-16-18-14-12(13)5-6-15-14/h5-9,11H,1-4H2,(H,15,18). The first-order valence-electron chi connectivity index (χ1n) is 6.75. The molecule has 0 saturated heterocycles. The fourth-order valence-corrected chi connectivity index (χ4v) is 2.95. The minimum Gasteiger partial charge on any atom is -0.345 e. The van der Waals surface area contributed by atoms with Gasteiger partial charge < -0.3 is 4.98 Å². The SMILES string of the molecule is c1cc2c(-c3cnn(C4CCCC4)c3)cnnc2[nH]1. The average molecular weight is 253 g/mol. The number of nitrogens with one attached hydrogen (secondary N) is 1. The summed E-state index contributed by atoms with van der Waals surface area (Å²) in [7, 11) is 0. The van der Waals surface area contributed by atoms with E-state index in [1.165, 1.54) is 25.7 Å². The fourth-order valence-electron chi connectivity index (χ4n) is 2.95. The van der Waals surface area contributed by atoms with Gasteiger partial charge in [0.15, 0.2) is 5.65 Å². The molecule has 0 aliphatic heterocycles. The molecule has 1 fully saturated rings. The molecule has 0 amide bonds. The molecule has 5 heteroatoms. The third-order valence-electron chi connectivity index (χ3n) is 3.97. The van der Waals surface area contributed by atoms with Crippen molar-refractivity contribution in [3.8, 4) is 11.1 Å². The van der Waals surface area contributed by atoms with E-state index in [0.29, 0.717) is 6.04 Å². The lowest BCUT2D eigenvalue weighted by molar-refractivity contribution is 0.467. The van der Waals surface area contributed by atoms with Gasteiger partial charge in [-0.25, -0.2) is 0 Å². The van der Waals surface area contributed by atoms with E-state index in [-0.39, 0.29) is 0 Å². The number of H-pyrrole nitrogens is 1. The highest BCUT2D eigenvalue weighted by Gasteiger charge is 2.18. The van der Waals surface area contributed by atoms with Gasteiger partial charge in [0, 0.05) is 28.9 Å². The molecular weight excluding hydrogens is 238 g/mol. The van der Waals surface area contributed by atoms with E-state index >= 15 is 0 Å². The number of nitrogens with zero attached hydrogens (tertiary/aromatic N) is 4. The first-order chi connectivity index (χ1) is 9.42. The van der Waals surface area contributed by atoms with Crippen LogP contribution in [0.5, 0.6) is 0 Å². The first kappa shape index (κ1) is 10.7. The Morgan fingerprint density at radius 3 is 3.00 bits per heavy atom. The lowest BCUT2D eigenvalue weighted by atomic mass is 10.1. The monoisotopic (exact) mass is 253 g/mol. The molecule has 1 N–H and O–H groups in total. The minimum atomic E-state index is 0.574. The molecule has 3 aromatic rings. The summed E-state index contributed by atoms with van der Waals surface area (Å²) in [6.45, 7) is 0. The second-order valence-electron chi connectivity index (χ2n) is 5.15. The molecule has 96 valence electrons. The Bertz CT molecular complexity index is 705. The van der Waals surface area contributed by atoms with Gasteiger partial charge in [0.25, 0.3) is 0 Å². The summed E-state index contributed by atoms with van der Waals surface area (Å²) >= 11 is 0. The van der Waals surface area contributed by atoms with Gasteiger partial charge >= 0.3 is 0 Å². The van der Waals surface area contributed by atoms with Crippen LogP contribution in [0.3, 0.4) is 0 Å². The van der Waals surface area contributed by atoms with Crippen molar-refractivity contribution in [2.24, 2.45) is 0 Å². The van der Waals surface area contributed by atoms with Crippen LogP contribution in [0.15, 0.2) is 30.9 Å². The molecular formula is C14H15N5. The van der Waals surface area contributed by atoms with Crippen molar-refractivity contribution < 1.29 is 0 Å². The highest BCUT2D eigenvalue weighted by atomic mass is 15.3. The zero-order chi connectivity index (χ0) is 12.7. The van der Waals surface area contributed by atoms with E-state index in [0.717, 1.165) is 22.2 Å². The van der Waals surface area contributed by atoms with Crippen LogP contribution < -0.4 is 0 Å². The van der Waals surface area contributed by atoms with Gasteiger partial charge in [-0.15, -0.1) is 5.10 Å².